The van der Waals surface area contributed by atoms with Gasteiger partial charge in [-0.3, -0.25) is 9.69 Å². The maximum absolute atomic E-state index is 13.3. The van der Waals surface area contributed by atoms with Gasteiger partial charge in [0.2, 0.25) is 0 Å². The first-order valence-corrected chi connectivity index (χ1v) is 9.69. The van der Waals surface area contributed by atoms with Crippen LogP contribution in [0, 0.1) is 13.8 Å². The van der Waals surface area contributed by atoms with E-state index in [1.54, 1.807) is 41.5 Å². The summed E-state index contributed by atoms with van der Waals surface area (Å²) in [4.78, 5) is 19.6. The largest absolute Gasteiger partial charge is 0.467 e. The van der Waals surface area contributed by atoms with Gasteiger partial charge < -0.3 is 4.42 Å². The van der Waals surface area contributed by atoms with Crippen LogP contribution in [0.3, 0.4) is 0 Å². The second kappa shape index (κ2) is 7.18. The lowest BCUT2D eigenvalue weighted by Crippen LogP contribution is -2.30. The summed E-state index contributed by atoms with van der Waals surface area (Å²) in [6, 6.07) is 14.8. The molecule has 6 heteroatoms. The zero-order valence-electron chi connectivity index (χ0n) is 14.9. The minimum absolute atomic E-state index is 0.204. The summed E-state index contributed by atoms with van der Waals surface area (Å²) in [6.07, 6.45) is 1.60. The predicted octanol–water partition coefficient (Wildman–Crippen LogP) is 6.01. The number of carbonyl (C=O) groups is 1. The van der Waals surface area contributed by atoms with E-state index in [0.29, 0.717) is 21.5 Å². The molecule has 2 heterocycles. The second-order valence-electron chi connectivity index (χ2n) is 6.35. The molecule has 2 aromatic heterocycles. The van der Waals surface area contributed by atoms with Crippen LogP contribution in [0.4, 0.5) is 5.13 Å². The average Bonchev–Trinajstić information content (AvgIpc) is 3.29. The van der Waals surface area contributed by atoms with Gasteiger partial charge in [-0.25, -0.2) is 4.98 Å². The lowest BCUT2D eigenvalue weighted by atomic mass is 10.1. The fourth-order valence-corrected chi connectivity index (χ4v) is 4.11. The van der Waals surface area contributed by atoms with E-state index in [4.69, 9.17) is 21.0 Å². The molecule has 4 nitrogen and oxygen atoms in total. The van der Waals surface area contributed by atoms with E-state index >= 15 is 0 Å². The molecular weight excluding hydrogens is 380 g/mol. The van der Waals surface area contributed by atoms with Crippen molar-refractivity contribution >= 4 is 44.2 Å². The quantitative estimate of drug-likeness (QED) is 0.424. The van der Waals surface area contributed by atoms with Crippen molar-refractivity contribution in [2.24, 2.45) is 0 Å². The van der Waals surface area contributed by atoms with Crippen LogP contribution < -0.4 is 4.90 Å². The summed E-state index contributed by atoms with van der Waals surface area (Å²) in [5, 5.41) is 1.04. The summed E-state index contributed by atoms with van der Waals surface area (Å²) in [6.45, 7) is 4.42. The topological polar surface area (TPSA) is 46.3 Å². The number of hydrogen-bond donors (Lipinski definition) is 0. The minimum atomic E-state index is -0.204. The molecule has 1 amide bonds. The van der Waals surface area contributed by atoms with E-state index in [1.165, 1.54) is 22.5 Å². The standard InChI is InChI=1S/C21H17ClN2O2S/c1-13-10-18-19(11-14(13)2)27-21(23-18)24(12-15-6-5-9-26-15)20(25)16-7-3-4-8-17(16)22/h3-11H,12H2,1-2H3. The van der Waals surface area contributed by atoms with Crippen LogP contribution in [0.5, 0.6) is 0 Å². The molecule has 0 aliphatic carbocycles. The van der Waals surface area contributed by atoms with Crippen LogP contribution >= 0.6 is 22.9 Å². The van der Waals surface area contributed by atoms with Crippen LogP contribution in [-0.4, -0.2) is 10.9 Å². The SMILES string of the molecule is Cc1cc2nc(N(Cc3ccco3)C(=O)c3ccccc3Cl)sc2cc1C. The fourth-order valence-electron chi connectivity index (χ4n) is 2.85. The number of aryl methyl sites for hydroxylation is 2. The average molecular weight is 397 g/mol. The molecule has 0 fully saturated rings. The fraction of sp³-hybridized carbons (Fsp3) is 0.143. The van der Waals surface area contributed by atoms with E-state index in [-0.39, 0.29) is 12.5 Å². The number of furan rings is 1. The van der Waals surface area contributed by atoms with Crippen molar-refractivity contribution in [3.05, 3.63) is 82.3 Å². The van der Waals surface area contributed by atoms with E-state index in [0.717, 1.165) is 10.2 Å². The molecule has 4 rings (SSSR count). The summed E-state index contributed by atoms with van der Waals surface area (Å²) >= 11 is 7.75. The van der Waals surface area contributed by atoms with Crippen molar-refractivity contribution < 1.29 is 9.21 Å². The molecule has 0 saturated heterocycles. The van der Waals surface area contributed by atoms with Crippen molar-refractivity contribution in [3.8, 4) is 0 Å². The highest BCUT2D eigenvalue weighted by Gasteiger charge is 2.24. The van der Waals surface area contributed by atoms with E-state index in [2.05, 4.69) is 26.0 Å². The first kappa shape index (κ1) is 17.8. The number of aromatic nitrogens is 1. The highest BCUT2D eigenvalue weighted by molar-refractivity contribution is 7.22. The van der Waals surface area contributed by atoms with Crippen LogP contribution in [0.15, 0.2) is 59.2 Å². The zero-order valence-corrected chi connectivity index (χ0v) is 16.5. The van der Waals surface area contributed by atoms with Crippen LogP contribution in [0.25, 0.3) is 10.2 Å². The number of hydrogen-bond acceptors (Lipinski definition) is 4. The third kappa shape index (κ3) is 3.48. The Hall–Kier alpha value is -2.63. The lowest BCUT2D eigenvalue weighted by molar-refractivity contribution is 0.0983. The third-order valence-electron chi connectivity index (χ3n) is 4.47. The molecule has 4 aromatic rings. The molecular formula is C21H17ClN2O2S. The number of halogens is 1. The number of benzene rings is 2. The van der Waals surface area contributed by atoms with Crippen molar-refractivity contribution in [1.29, 1.82) is 0 Å². The zero-order chi connectivity index (χ0) is 19.0. The van der Waals surface area contributed by atoms with Gasteiger partial charge in [0, 0.05) is 0 Å². The van der Waals surface area contributed by atoms with Gasteiger partial charge in [0.1, 0.15) is 5.76 Å². The Morgan fingerprint density at radius 1 is 1.15 bits per heavy atom. The highest BCUT2D eigenvalue weighted by atomic mass is 35.5. The Labute approximate surface area is 166 Å². The number of anilines is 1. The summed E-state index contributed by atoms with van der Waals surface area (Å²) in [5.74, 6) is 0.478. The first-order valence-electron chi connectivity index (χ1n) is 8.49. The molecule has 2 aromatic carbocycles. The predicted molar refractivity (Wildman–Crippen MR) is 110 cm³/mol. The Bertz CT molecular complexity index is 1080. The molecule has 0 N–H and O–H groups in total. The molecule has 0 radical (unpaired) electrons. The number of carbonyl (C=O) groups excluding carboxylic acids is 1. The highest BCUT2D eigenvalue weighted by Crippen LogP contribution is 2.33. The van der Waals surface area contributed by atoms with Gasteiger partial charge in [-0.05, 0) is 61.4 Å². The van der Waals surface area contributed by atoms with Crippen molar-refractivity contribution in [2.45, 2.75) is 20.4 Å². The van der Waals surface area contributed by atoms with Gasteiger partial charge in [-0.15, -0.1) is 0 Å². The number of amides is 1. The lowest BCUT2D eigenvalue weighted by Gasteiger charge is -2.19. The van der Waals surface area contributed by atoms with E-state index in [9.17, 15) is 4.79 Å². The molecule has 27 heavy (non-hydrogen) atoms. The molecule has 0 atom stereocenters. The van der Waals surface area contributed by atoms with Gasteiger partial charge in [0.25, 0.3) is 5.91 Å². The minimum Gasteiger partial charge on any atom is -0.467 e. The van der Waals surface area contributed by atoms with Crippen molar-refractivity contribution in [3.63, 3.8) is 0 Å². The Balaban J connectivity index is 1.80. The monoisotopic (exact) mass is 396 g/mol. The molecule has 0 aliphatic heterocycles. The normalized spacial score (nSPS) is 11.1. The van der Waals surface area contributed by atoms with Gasteiger partial charge in [0.15, 0.2) is 5.13 Å². The summed E-state index contributed by atoms with van der Waals surface area (Å²) in [7, 11) is 0. The Morgan fingerprint density at radius 3 is 2.67 bits per heavy atom. The molecule has 0 aliphatic rings. The third-order valence-corrected chi connectivity index (χ3v) is 5.84. The summed E-state index contributed by atoms with van der Waals surface area (Å²) < 4.78 is 6.51. The van der Waals surface area contributed by atoms with Gasteiger partial charge in [0.05, 0.1) is 33.6 Å². The van der Waals surface area contributed by atoms with Crippen molar-refractivity contribution in [2.75, 3.05) is 4.90 Å². The van der Waals surface area contributed by atoms with E-state index in [1.807, 2.05) is 6.07 Å². The maximum Gasteiger partial charge on any atom is 0.262 e. The van der Waals surface area contributed by atoms with Gasteiger partial charge in [-0.1, -0.05) is 35.1 Å². The smallest absolute Gasteiger partial charge is 0.262 e. The van der Waals surface area contributed by atoms with Crippen LogP contribution in [0.1, 0.15) is 27.2 Å². The van der Waals surface area contributed by atoms with Gasteiger partial charge >= 0.3 is 0 Å². The first-order chi connectivity index (χ1) is 13.0. The number of nitrogens with zero attached hydrogens (tertiary/aromatic N) is 2. The molecule has 136 valence electrons. The van der Waals surface area contributed by atoms with Gasteiger partial charge in [-0.2, -0.15) is 0 Å². The van der Waals surface area contributed by atoms with Crippen molar-refractivity contribution in [1.82, 2.24) is 4.98 Å². The maximum atomic E-state index is 13.3. The van der Waals surface area contributed by atoms with Crippen LogP contribution in [-0.2, 0) is 6.54 Å². The number of fused-ring (bicyclic) bond motifs is 1. The molecule has 0 spiro atoms. The van der Waals surface area contributed by atoms with Crippen LogP contribution in [0.2, 0.25) is 5.02 Å². The molecule has 0 saturated carbocycles. The number of thiazole rings is 1. The number of rotatable bonds is 4. The molecule has 0 bridgehead atoms. The Kier molecular flexibility index (Phi) is 4.72. The van der Waals surface area contributed by atoms with E-state index < -0.39 is 0 Å². The Morgan fingerprint density at radius 2 is 1.93 bits per heavy atom. The second-order valence-corrected chi connectivity index (χ2v) is 7.77. The summed E-state index contributed by atoms with van der Waals surface area (Å²) in [5.41, 5.74) is 3.70. The molecule has 0 unspecified atom stereocenters.